The maximum Gasteiger partial charge on any atom is 0.406 e. The Hall–Kier alpha value is -0.250. The number of nitrogens with one attached hydrogen (secondary N) is 1. The van der Waals surface area contributed by atoms with Gasteiger partial charge in [0.15, 0.2) is 0 Å². The van der Waals surface area contributed by atoms with E-state index < -0.39 is 11.7 Å². The molecule has 1 N–H and O–H groups in total. The first-order chi connectivity index (χ1) is 8.04. The second-order valence-corrected chi connectivity index (χ2v) is 5.67. The van der Waals surface area contributed by atoms with Crippen LogP contribution >= 0.6 is 0 Å². The van der Waals surface area contributed by atoms with Gasteiger partial charge in [-0.05, 0) is 38.1 Å². The van der Waals surface area contributed by atoms with E-state index in [4.69, 9.17) is 0 Å². The quantitative estimate of drug-likeness (QED) is 0.796. The smallest absolute Gasteiger partial charge is 0.303 e. The molecule has 4 heteroatoms. The van der Waals surface area contributed by atoms with Gasteiger partial charge in [0.2, 0.25) is 0 Å². The molecule has 100 valence electrons. The van der Waals surface area contributed by atoms with E-state index in [-0.39, 0.29) is 12.8 Å². The zero-order valence-electron chi connectivity index (χ0n) is 10.3. The van der Waals surface area contributed by atoms with Crippen molar-refractivity contribution >= 4 is 0 Å². The SMILES string of the molecule is FC(F)(F)C1(NCC2CCCCCCC2)CC1. The molecule has 0 radical (unpaired) electrons. The van der Waals surface area contributed by atoms with Crippen LogP contribution in [0.15, 0.2) is 0 Å². The molecule has 0 unspecified atom stereocenters. The minimum absolute atomic E-state index is 0.267. The minimum Gasteiger partial charge on any atom is -0.303 e. The molecule has 2 saturated carbocycles. The van der Waals surface area contributed by atoms with Gasteiger partial charge in [0, 0.05) is 0 Å². The molecule has 0 amide bonds. The third-order valence-corrected chi connectivity index (χ3v) is 4.25. The fourth-order valence-electron chi connectivity index (χ4n) is 2.77. The molecular weight excluding hydrogens is 227 g/mol. The Bertz CT molecular complexity index is 238. The van der Waals surface area contributed by atoms with Crippen molar-refractivity contribution < 1.29 is 13.2 Å². The Balaban J connectivity index is 1.77. The molecule has 0 aliphatic heterocycles. The zero-order valence-corrected chi connectivity index (χ0v) is 10.3. The number of hydrogen-bond acceptors (Lipinski definition) is 1. The summed E-state index contributed by atoms with van der Waals surface area (Å²) in [4.78, 5) is 0. The average Bonchev–Trinajstić information content (AvgIpc) is 2.95. The number of hydrogen-bond donors (Lipinski definition) is 1. The molecule has 0 heterocycles. The summed E-state index contributed by atoms with van der Waals surface area (Å²) in [6, 6.07) is 0. The highest BCUT2D eigenvalue weighted by Gasteiger charge is 2.62. The standard InChI is InChI=1S/C13H22F3N/c14-13(15,16)12(8-9-12)17-10-11-6-4-2-1-3-5-7-11/h11,17H,1-10H2. The van der Waals surface area contributed by atoms with Crippen LogP contribution in [0.25, 0.3) is 0 Å². The van der Waals surface area contributed by atoms with Gasteiger partial charge in [-0.25, -0.2) is 0 Å². The molecule has 0 aromatic heterocycles. The van der Waals surface area contributed by atoms with Gasteiger partial charge in [0.05, 0.1) is 0 Å². The molecule has 0 saturated heterocycles. The summed E-state index contributed by atoms with van der Waals surface area (Å²) in [6.45, 7) is 0.555. The Morgan fingerprint density at radius 3 is 1.94 bits per heavy atom. The normalized spacial score (nSPS) is 26.3. The third kappa shape index (κ3) is 3.36. The lowest BCUT2D eigenvalue weighted by molar-refractivity contribution is -0.166. The van der Waals surface area contributed by atoms with Crippen LogP contribution in [0.1, 0.15) is 57.8 Å². The fourth-order valence-corrected chi connectivity index (χ4v) is 2.77. The summed E-state index contributed by atoms with van der Waals surface area (Å²) in [5.74, 6) is 0.454. The molecule has 2 rings (SSSR count). The van der Waals surface area contributed by atoms with Gasteiger partial charge in [0.1, 0.15) is 5.54 Å². The van der Waals surface area contributed by atoms with E-state index in [0.717, 1.165) is 12.8 Å². The summed E-state index contributed by atoms with van der Waals surface area (Å²) in [7, 11) is 0. The predicted molar refractivity (Wildman–Crippen MR) is 61.8 cm³/mol. The summed E-state index contributed by atoms with van der Waals surface area (Å²) >= 11 is 0. The second kappa shape index (κ2) is 5.17. The van der Waals surface area contributed by atoms with Gasteiger partial charge in [-0.15, -0.1) is 0 Å². The fraction of sp³-hybridized carbons (Fsp3) is 1.00. The lowest BCUT2D eigenvalue weighted by atomic mass is 9.91. The molecule has 0 aromatic carbocycles. The van der Waals surface area contributed by atoms with Crippen LogP contribution in [0.3, 0.4) is 0 Å². The van der Waals surface area contributed by atoms with E-state index in [0.29, 0.717) is 12.5 Å². The predicted octanol–water partition coefficient (Wildman–Crippen LogP) is 4.03. The number of alkyl halides is 3. The molecule has 2 fully saturated rings. The third-order valence-electron chi connectivity index (χ3n) is 4.25. The molecule has 0 spiro atoms. The van der Waals surface area contributed by atoms with Crippen molar-refractivity contribution in [2.75, 3.05) is 6.54 Å². The van der Waals surface area contributed by atoms with Crippen molar-refractivity contribution in [2.24, 2.45) is 5.92 Å². The van der Waals surface area contributed by atoms with Crippen molar-refractivity contribution in [3.05, 3.63) is 0 Å². The van der Waals surface area contributed by atoms with E-state index in [2.05, 4.69) is 5.32 Å². The Morgan fingerprint density at radius 1 is 0.941 bits per heavy atom. The van der Waals surface area contributed by atoms with Crippen LogP contribution < -0.4 is 5.32 Å². The Morgan fingerprint density at radius 2 is 1.47 bits per heavy atom. The first-order valence-electron chi connectivity index (χ1n) is 6.85. The van der Waals surface area contributed by atoms with Gasteiger partial charge in [-0.2, -0.15) is 13.2 Å². The highest BCUT2D eigenvalue weighted by molar-refractivity contribution is 5.08. The van der Waals surface area contributed by atoms with Crippen molar-refractivity contribution in [1.29, 1.82) is 0 Å². The molecular formula is C13H22F3N. The monoisotopic (exact) mass is 249 g/mol. The van der Waals surface area contributed by atoms with Crippen LogP contribution in [0.4, 0.5) is 13.2 Å². The number of halogens is 3. The second-order valence-electron chi connectivity index (χ2n) is 5.67. The van der Waals surface area contributed by atoms with Crippen molar-refractivity contribution in [3.63, 3.8) is 0 Å². The largest absolute Gasteiger partial charge is 0.406 e. The molecule has 2 aliphatic rings. The first kappa shape index (κ1) is 13.2. The maximum absolute atomic E-state index is 12.7. The summed E-state index contributed by atoms with van der Waals surface area (Å²) in [6.07, 6.45) is 4.84. The van der Waals surface area contributed by atoms with Crippen LogP contribution in [0, 0.1) is 5.92 Å². The average molecular weight is 249 g/mol. The topological polar surface area (TPSA) is 12.0 Å². The van der Waals surface area contributed by atoms with Gasteiger partial charge in [-0.3, -0.25) is 0 Å². The van der Waals surface area contributed by atoms with Gasteiger partial charge >= 0.3 is 6.18 Å². The highest BCUT2D eigenvalue weighted by Crippen LogP contribution is 2.49. The maximum atomic E-state index is 12.7. The lowest BCUT2D eigenvalue weighted by Crippen LogP contribution is -2.46. The van der Waals surface area contributed by atoms with Crippen molar-refractivity contribution in [3.8, 4) is 0 Å². The van der Waals surface area contributed by atoms with Crippen LogP contribution in [0.2, 0.25) is 0 Å². The Kier molecular flexibility index (Phi) is 4.01. The molecule has 0 bridgehead atoms. The summed E-state index contributed by atoms with van der Waals surface area (Å²) < 4.78 is 38.2. The zero-order chi connectivity index (χ0) is 12.4. The van der Waals surface area contributed by atoms with E-state index in [9.17, 15) is 13.2 Å². The van der Waals surface area contributed by atoms with Gasteiger partial charge < -0.3 is 5.32 Å². The van der Waals surface area contributed by atoms with E-state index in [1.54, 1.807) is 0 Å². The van der Waals surface area contributed by atoms with Crippen LogP contribution in [0.5, 0.6) is 0 Å². The molecule has 0 aromatic rings. The molecule has 2 aliphatic carbocycles. The highest BCUT2D eigenvalue weighted by atomic mass is 19.4. The lowest BCUT2D eigenvalue weighted by Gasteiger charge is -2.25. The van der Waals surface area contributed by atoms with Gasteiger partial charge in [0.25, 0.3) is 0 Å². The van der Waals surface area contributed by atoms with Crippen LogP contribution in [-0.4, -0.2) is 18.3 Å². The number of rotatable bonds is 3. The van der Waals surface area contributed by atoms with Crippen LogP contribution in [-0.2, 0) is 0 Å². The summed E-state index contributed by atoms with van der Waals surface area (Å²) in [5.41, 5.74) is -1.52. The molecule has 17 heavy (non-hydrogen) atoms. The first-order valence-corrected chi connectivity index (χ1v) is 6.85. The minimum atomic E-state index is -4.06. The van der Waals surface area contributed by atoms with Gasteiger partial charge in [-0.1, -0.05) is 32.1 Å². The molecule has 0 atom stereocenters. The summed E-state index contributed by atoms with van der Waals surface area (Å²) in [5, 5.41) is 2.80. The van der Waals surface area contributed by atoms with E-state index >= 15 is 0 Å². The van der Waals surface area contributed by atoms with E-state index in [1.165, 1.54) is 32.1 Å². The molecule has 1 nitrogen and oxygen atoms in total. The van der Waals surface area contributed by atoms with Crippen molar-refractivity contribution in [2.45, 2.75) is 69.5 Å². The van der Waals surface area contributed by atoms with E-state index in [1.807, 2.05) is 0 Å². The van der Waals surface area contributed by atoms with Crippen molar-refractivity contribution in [1.82, 2.24) is 5.32 Å². The Labute approximate surface area is 101 Å².